The van der Waals surface area contributed by atoms with Crippen LogP contribution in [0.2, 0.25) is 0 Å². The molecule has 0 fully saturated rings. The minimum absolute atomic E-state index is 0.0345. The summed E-state index contributed by atoms with van der Waals surface area (Å²) in [5.41, 5.74) is 5.99. The van der Waals surface area contributed by atoms with E-state index in [9.17, 15) is 12.8 Å². The maximum Gasteiger partial charge on any atom is 0.214 e. The normalized spacial score (nSPS) is 19.8. The first-order chi connectivity index (χ1) is 11.7. The number of nitrogens with two attached hydrogens (primary N) is 1. The van der Waals surface area contributed by atoms with Gasteiger partial charge in [0.1, 0.15) is 5.82 Å². The highest BCUT2D eigenvalue weighted by molar-refractivity contribution is 7.91. The summed E-state index contributed by atoms with van der Waals surface area (Å²) in [6.07, 6.45) is 1.89. The van der Waals surface area contributed by atoms with Gasteiger partial charge in [-0.05, 0) is 38.1 Å². The molecule has 0 amide bonds. The molecule has 0 bridgehead atoms. The van der Waals surface area contributed by atoms with Crippen LogP contribution in [-0.4, -0.2) is 31.8 Å². The van der Waals surface area contributed by atoms with Gasteiger partial charge in [-0.1, -0.05) is 6.07 Å². The number of rotatable bonds is 4. The highest BCUT2D eigenvalue weighted by Gasteiger charge is 2.38. The second-order valence-electron chi connectivity index (χ2n) is 6.16. The van der Waals surface area contributed by atoms with E-state index in [0.29, 0.717) is 5.82 Å². The average molecular weight is 365 g/mol. The monoisotopic (exact) mass is 365 g/mol. The van der Waals surface area contributed by atoms with Crippen molar-refractivity contribution in [1.29, 1.82) is 0 Å². The van der Waals surface area contributed by atoms with Gasteiger partial charge in [0.15, 0.2) is 16.5 Å². The fraction of sp³-hybridized carbons (Fsp3) is 0.312. The Kier molecular flexibility index (Phi) is 4.08. The molecule has 1 aliphatic rings. The second kappa shape index (κ2) is 5.85. The molecule has 1 aromatic heterocycles. The third kappa shape index (κ3) is 2.69. The van der Waals surface area contributed by atoms with E-state index < -0.39 is 21.2 Å². The summed E-state index contributed by atoms with van der Waals surface area (Å²) in [6, 6.07) is 4.91. The molecular weight excluding hydrogens is 345 g/mol. The first-order valence-electron chi connectivity index (χ1n) is 7.71. The highest BCUT2D eigenvalue weighted by Crippen LogP contribution is 2.40. The third-order valence-electron chi connectivity index (χ3n) is 4.19. The van der Waals surface area contributed by atoms with Crippen LogP contribution in [0.15, 0.2) is 45.8 Å². The predicted molar refractivity (Wildman–Crippen MR) is 93.7 cm³/mol. The van der Waals surface area contributed by atoms with Crippen molar-refractivity contribution in [1.82, 2.24) is 9.78 Å². The van der Waals surface area contributed by atoms with Crippen molar-refractivity contribution in [2.45, 2.75) is 29.2 Å². The maximum absolute atomic E-state index is 13.6. The fourth-order valence-electron chi connectivity index (χ4n) is 2.95. The summed E-state index contributed by atoms with van der Waals surface area (Å²) < 4.78 is 41.4. The lowest BCUT2D eigenvalue weighted by Gasteiger charge is -2.32. The van der Waals surface area contributed by atoms with Gasteiger partial charge in [0.2, 0.25) is 9.84 Å². The first-order valence-corrected chi connectivity index (χ1v) is 9.20. The third-order valence-corrected chi connectivity index (χ3v) is 5.99. The maximum atomic E-state index is 13.6. The van der Waals surface area contributed by atoms with Gasteiger partial charge in [0.05, 0.1) is 10.4 Å². The molecule has 0 aliphatic carbocycles. The molecule has 0 spiro atoms. The van der Waals surface area contributed by atoms with Gasteiger partial charge >= 0.3 is 0 Å². The summed E-state index contributed by atoms with van der Waals surface area (Å²) in [6.45, 7) is 3.93. The van der Waals surface area contributed by atoms with E-state index in [-0.39, 0.29) is 22.2 Å². The standard InChI is InChI=1S/C16H20FN5O2S/c1-10-8-16(2,9-18)22-15(20-10)13(14(19-3)21-22)25(23,24)12-6-4-5-11(17)7-12/h4-8,20H,9,18H2,1-3H3,(H,19,21). The van der Waals surface area contributed by atoms with Crippen LogP contribution in [0.4, 0.5) is 16.0 Å². The molecule has 3 rings (SSSR count). The lowest BCUT2D eigenvalue weighted by molar-refractivity contribution is 0.376. The zero-order chi connectivity index (χ0) is 18.4. The Morgan fingerprint density at radius 3 is 2.76 bits per heavy atom. The predicted octanol–water partition coefficient (Wildman–Crippen LogP) is 1.90. The van der Waals surface area contributed by atoms with Crippen molar-refractivity contribution >= 4 is 21.5 Å². The molecular formula is C16H20FN5O2S. The molecule has 7 nitrogen and oxygen atoms in total. The quantitative estimate of drug-likeness (QED) is 0.765. The Balaban J connectivity index is 2.29. The van der Waals surface area contributed by atoms with Gasteiger partial charge in [-0.25, -0.2) is 17.5 Å². The molecule has 1 unspecified atom stereocenters. The minimum atomic E-state index is -4.00. The lowest BCUT2D eigenvalue weighted by Crippen LogP contribution is -2.41. The summed E-state index contributed by atoms with van der Waals surface area (Å²) in [5, 5.41) is 10.3. The zero-order valence-electron chi connectivity index (χ0n) is 14.2. The van der Waals surface area contributed by atoms with Crippen molar-refractivity contribution in [2.75, 3.05) is 24.2 Å². The molecule has 0 saturated heterocycles. The number of allylic oxidation sites excluding steroid dienone is 1. The first kappa shape index (κ1) is 17.4. The number of fused-ring (bicyclic) bond motifs is 1. The van der Waals surface area contributed by atoms with Crippen molar-refractivity contribution in [2.24, 2.45) is 5.73 Å². The Hall–Kier alpha value is -2.39. The summed E-state index contributed by atoms with van der Waals surface area (Å²) in [7, 11) is -2.42. The number of halogens is 1. The zero-order valence-corrected chi connectivity index (χ0v) is 15.0. The molecule has 2 aromatic rings. The molecule has 1 aliphatic heterocycles. The van der Waals surface area contributed by atoms with Crippen LogP contribution in [-0.2, 0) is 15.4 Å². The van der Waals surface area contributed by atoms with Crippen LogP contribution in [0, 0.1) is 5.82 Å². The van der Waals surface area contributed by atoms with E-state index in [2.05, 4.69) is 15.7 Å². The van der Waals surface area contributed by atoms with Crippen molar-refractivity contribution in [3.05, 3.63) is 41.9 Å². The smallest absolute Gasteiger partial charge is 0.214 e. The molecule has 9 heteroatoms. The summed E-state index contributed by atoms with van der Waals surface area (Å²) in [4.78, 5) is -0.170. The highest BCUT2D eigenvalue weighted by atomic mass is 32.2. The van der Waals surface area contributed by atoms with E-state index >= 15 is 0 Å². The summed E-state index contributed by atoms with van der Waals surface area (Å²) in [5.74, 6) is -0.139. The van der Waals surface area contributed by atoms with Gasteiger partial charge in [-0.2, -0.15) is 5.10 Å². The summed E-state index contributed by atoms with van der Waals surface area (Å²) >= 11 is 0. The molecule has 0 radical (unpaired) electrons. The van der Waals surface area contributed by atoms with Gasteiger partial charge in [0.25, 0.3) is 0 Å². The van der Waals surface area contributed by atoms with Crippen molar-refractivity contribution < 1.29 is 12.8 Å². The van der Waals surface area contributed by atoms with Crippen LogP contribution < -0.4 is 16.4 Å². The Morgan fingerprint density at radius 2 is 2.16 bits per heavy atom. The largest absolute Gasteiger partial charge is 0.371 e. The van der Waals surface area contributed by atoms with Gasteiger partial charge in [0, 0.05) is 19.3 Å². The molecule has 1 aromatic carbocycles. The second-order valence-corrected chi connectivity index (χ2v) is 8.05. The van der Waals surface area contributed by atoms with Crippen LogP contribution in [0.5, 0.6) is 0 Å². The molecule has 1 atom stereocenters. The van der Waals surface area contributed by atoms with Gasteiger partial charge in [-0.15, -0.1) is 0 Å². The Bertz CT molecular complexity index is 967. The molecule has 2 heterocycles. The number of hydrogen-bond donors (Lipinski definition) is 3. The topological polar surface area (TPSA) is 102 Å². The van der Waals surface area contributed by atoms with Gasteiger partial charge in [-0.3, -0.25) is 0 Å². The SMILES string of the molecule is CNc1nn2c(c1S(=O)(=O)c1cccc(F)c1)NC(C)=CC2(C)CN. The fourth-order valence-corrected chi connectivity index (χ4v) is 4.50. The van der Waals surface area contributed by atoms with E-state index in [1.807, 2.05) is 19.9 Å². The van der Waals surface area contributed by atoms with Gasteiger partial charge < -0.3 is 16.4 Å². The lowest BCUT2D eigenvalue weighted by atomic mass is 10.00. The van der Waals surface area contributed by atoms with E-state index in [0.717, 1.165) is 11.8 Å². The molecule has 4 N–H and O–H groups in total. The minimum Gasteiger partial charge on any atom is -0.371 e. The number of sulfone groups is 1. The van der Waals surface area contributed by atoms with E-state index in [4.69, 9.17) is 5.73 Å². The van der Waals surface area contributed by atoms with Crippen molar-refractivity contribution in [3.8, 4) is 0 Å². The number of nitrogens with one attached hydrogen (secondary N) is 2. The Morgan fingerprint density at radius 1 is 1.44 bits per heavy atom. The Labute approximate surface area is 145 Å². The van der Waals surface area contributed by atoms with E-state index in [1.54, 1.807) is 11.7 Å². The molecule has 134 valence electrons. The number of benzene rings is 1. The average Bonchev–Trinajstić information content (AvgIpc) is 2.94. The number of hydrogen-bond acceptors (Lipinski definition) is 6. The van der Waals surface area contributed by atoms with Crippen LogP contribution in [0.1, 0.15) is 13.8 Å². The number of aromatic nitrogens is 2. The van der Waals surface area contributed by atoms with Crippen LogP contribution in [0.25, 0.3) is 0 Å². The van der Waals surface area contributed by atoms with Crippen molar-refractivity contribution in [3.63, 3.8) is 0 Å². The molecule has 25 heavy (non-hydrogen) atoms. The van der Waals surface area contributed by atoms with Crippen LogP contribution >= 0.6 is 0 Å². The number of nitrogens with zero attached hydrogens (tertiary/aromatic N) is 2. The molecule has 0 saturated carbocycles. The number of anilines is 2. The van der Waals surface area contributed by atoms with Crippen LogP contribution in [0.3, 0.4) is 0 Å². The van der Waals surface area contributed by atoms with E-state index in [1.165, 1.54) is 18.2 Å².